The van der Waals surface area contributed by atoms with E-state index < -0.39 is 5.97 Å². The predicted octanol–water partition coefficient (Wildman–Crippen LogP) is 2.81. The molecule has 0 rings (SSSR count). The Hall–Kier alpha value is 0.00247. The molecular formula is C12H27AlO2. The third-order valence-corrected chi connectivity index (χ3v) is 2.49. The van der Waals surface area contributed by atoms with E-state index in [0.29, 0.717) is 6.42 Å². The standard InChI is InChI=1S/C12H24O2.Al.3H/c1-2-3-4-5-6-7-8-9-10-11-12(13)14;;;;/h2-11H2,1H3,(H,13,14);;;;. The van der Waals surface area contributed by atoms with Crippen LogP contribution in [0.25, 0.3) is 0 Å². The zero-order valence-electron chi connectivity index (χ0n) is 9.43. The molecule has 0 radical (unpaired) electrons. The number of unbranched alkanes of at least 4 members (excludes halogenated alkanes) is 8. The van der Waals surface area contributed by atoms with Gasteiger partial charge in [-0.15, -0.1) is 0 Å². The van der Waals surface area contributed by atoms with E-state index in [-0.39, 0.29) is 17.4 Å². The fraction of sp³-hybridized carbons (Fsp3) is 0.917. The first-order chi connectivity index (χ1) is 6.77. The molecule has 0 aromatic heterocycles. The summed E-state index contributed by atoms with van der Waals surface area (Å²) in [7, 11) is 0. The molecule has 2 nitrogen and oxygen atoms in total. The fourth-order valence-electron chi connectivity index (χ4n) is 1.59. The van der Waals surface area contributed by atoms with E-state index in [1.165, 1.54) is 44.9 Å². The lowest BCUT2D eigenvalue weighted by Crippen LogP contribution is -1.93. The maximum absolute atomic E-state index is 10.2. The molecule has 0 heterocycles. The fourth-order valence-corrected chi connectivity index (χ4v) is 1.59. The van der Waals surface area contributed by atoms with Crippen molar-refractivity contribution in [3.63, 3.8) is 0 Å². The highest BCUT2D eigenvalue weighted by atomic mass is 27.0. The topological polar surface area (TPSA) is 37.3 Å². The van der Waals surface area contributed by atoms with E-state index in [0.717, 1.165) is 12.8 Å². The van der Waals surface area contributed by atoms with Gasteiger partial charge in [-0.25, -0.2) is 0 Å². The zero-order valence-corrected chi connectivity index (χ0v) is 9.43. The van der Waals surface area contributed by atoms with Crippen molar-refractivity contribution in [3.8, 4) is 0 Å². The molecule has 15 heavy (non-hydrogen) atoms. The minimum Gasteiger partial charge on any atom is -0.481 e. The summed E-state index contributed by atoms with van der Waals surface area (Å²) >= 11 is 0. The van der Waals surface area contributed by atoms with E-state index in [1.807, 2.05) is 0 Å². The zero-order chi connectivity index (χ0) is 10.6. The van der Waals surface area contributed by atoms with E-state index in [1.54, 1.807) is 0 Å². The van der Waals surface area contributed by atoms with E-state index >= 15 is 0 Å². The van der Waals surface area contributed by atoms with Gasteiger partial charge < -0.3 is 5.11 Å². The second kappa shape index (κ2) is 14.0. The van der Waals surface area contributed by atoms with Crippen LogP contribution in [0.1, 0.15) is 71.1 Å². The van der Waals surface area contributed by atoms with Gasteiger partial charge in [0.2, 0.25) is 0 Å². The highest BCUT2D eigenvalue weighted by molar-refractivity contribution is 5.75. The van der Waals surface area contributed by atoms with E-state index in [4.69, 9.17) is 5.11 Å². The molecule has 0 fully saturated rings. The molecular weight excluding hydrogens is 203 g/mol. The van der Waals surface area contributed by atoms with Crippen LogP contribution in [0, 0.1) is 0 Å². The van der Waals surface area contributed by atoms with E-state index in [2.05, 4.69) is 6.92 Å². The van der Waals surface area contributed by atoms with Gasteiger partial charge in [0.25, 0.3) is 0 Å². The van der Waals surface area contributed by atoms with Gasteiger partial charge in [-0.1, -0.05) is 58.3 Å². The molecule has 0 aliphatic carbocycles. The lowest BCUT2D eigenvalue weighted by molar-refractivity contribution is -0.137. The number of rotatable bonds is 10. The van der Waals surface area contributed by atoms with Crippen molar-refractivity contribution in [2.45, 2.75) is 71.1 Å². The van der Waals surface area contributed by atoms with Gasteiger partial charge in [0, 0.05) is 6.42 Å². The van der Waals surface area contributed by atoms with Crippen LogP contribution in [-0.2, 0) is 4.79 Å². The van der Waals surface area contributed by atoms with Crippen molar-refractivity contribution in [2.24, 2.45) is 0 Å². The molecule has 1 N–H and O–H groups in total. The van der Waals surface area contributed by atoms with Crippen molar-refractivity contribution in [3.05, 3.63) is 0 Å². The van der Waals surface area contributed by atoms with Gasteiger partial charge in [0.1, 0.15) is 0 Å². The molecule has 0 saturated carbocycles. The second-order valence-electron chi connectivity index (χ2n) is 3.97. The van der Waals surface area contributed by atoms with E-state index in [9.17, 15) is 4.79 Å². The molecule has 0 saturated heterocycles. The van der Waals surface area contributed by atoms with Crippen LogP contribution in [0.4, 0.5) is 0 Å². The monoisotopic (exact) mass is 230 g/mol. The largest absolute Gasteiger partial charge is 0.481 e. The summed E-state index contributed by atoms with van der Waals surface area (Å²) < 4.78 is 0. The Bertz CT molecular complexity index is 138. The normalized spacial score (nSPS) is 9.67. The van der Waals surface area contributed by atoms with Crippen molar-refractivity contribution in [1.82, 2.24) is 0 Å². The molecule has 90 valence electrons. The highest BCUT2D eigenvalue weighted by Gasteiger charge is 1.96. The minimum absolute atomic E-state index is 0. The Balaban J connectivity index is 0. The number of carboxylic acids is 1. The molecule has 0 bridgehead atoms. The summed E-state index contributed by atoms with van der Waals surface area (Å²) in [5.74, 6) is -0.659. The number of hydrogen-bond acceptors (Lipinski definition) is 1. The molecule has 0 aromatic rings. The highest BCUT2D eigenvalue weighted by Crippen LogP contribution is 2.10. The summed E-state index contributed by atoms with van der Waals surface area (Å²) in [6.07, 6.45) is 11.5. The number of carbonyl (C=O) groups is 1. The summed E-state index contributed by atoms with van der Waals surface area (Å²) in [5, 5.41) is 8.41. The maximum Gasteiger partial charge on any atom is 0.303 e. The average molecular weight is 230 g/mol. The molecule has 0 unspecified atom stereocenters. The van der Waals surface area contributed by atoms with Gasteiger partial charge >= 0.3 is 5.97 Å². The Morgan fingerprint density at radius 1 is 0.867 bits per heavy atom. The van der Waals surface area contributed by atoms with Crippen LogP contribution in [0.5, 0.6) is 0 Å². The lowest BCUT2D eigenvalue weighted by atomic mass is 10.1. The van der Waals surface area contributed by atoms with Crippen molar-refractivity contribution in [1.29, 1.82) is 0 Å². The summed E-state index contributed by atoms with van der Waals surface area (Å²) in [5.41, 5.74) is 0. The first kappa shape index (κ1) is 17.4. The minimum atomic E-state index is -0.659. The van der Waals surface area contributed by atoms with Crippen LogP contribution < -0.4 is 0 Å². The van der Waals surface area contributed by atoms with Crippen LogP contribution >= 0.6 is 0 Å². The molecule has 0 amide bonds. The molecule has 0 spiro atoms. The third kappa shape index (κ3) is 16.7. The first-order valence-corrected chi connectivity index (χ1v) is 5.99. The van der Waals surface area contributed by atoms with Crippen LogP contribution in [0.15, 0.2) is 0 Å². The molecule has 0 aromatic carbocycles. The maximum atomic E-state index is 10.2. The van der Waals surface area contributed by atoms with Gasteiger partial charge in [0.15, 0.2) is 17.4 Å². The van der Waals surface area contributed by atoms with Gasteiger partial charge in [-0.3, -0.25) is 4.79 Å². The Kier molecular flexibility index (Phi) is 16.2. The molecule has 3 heteroatoms. The Labute approximate surface area is 105 Å². The van der Waals surface area contributed by atoms with Crippen molar-refractivity contribution < 1.29 is 9.90 Å². The first-order valence-electron chi connectivity index (χ1n) is 5.99. The summed E-state index contributed by atoms with van der Waals surface area (Å²) in [6, 6.07) is 0. The smallest absolute Gasteiger partial charge is 0.303 e. The molecule has 0 aliphatic heterocycles. The third-order valence-electron chi connectivity index (χ3n) is 2.49. The number of carboxylic acid groups (broad SMARTS) is 1. The predicted molar refractivity (Wildman–Crippen MR) is 69.4 cm³/mol. The SMILES string of the molecule is CCCCCCCCCCCC(=O)O.[AlH3]. The summed E-state index contributed by atoms with van der Waals surface area (Å²) in [6.45, 7) is 2.23. The molecule has 0 atom stereocenters. The average Bonchev–Trinajstić information content (AvgIpc) is 2.15. The van der Waals surface area contributed by atoms with Crippen LogP contribution in [0.3, 0.4) is 0 Å². The second-order valence-corrected chi connectivity index (χ2v) is 3.97. The lowest BCUT2D eigenvalue weighted by Gasteiger charge is -2.00. The number of aliphatic carboxylic acids is 1. The van der Waals surface area contributed by atoms with Gasteiger partial charge in [0.05, 0.1) is 0 Å². The Morgan fingerprint density at radius 3 is 1.67 bits per heavy atom. The summed E-state index contributed by atoms with van der Waals surface area (Å²) in [4.78, 5) is 10.2. The van der Waals surface area contributed by atoms with Gasteiger partial charge in [-0.2, -0.15) is 0 Å². The van der Waals surface area contributed by atoms with Crippen LogP contribution in [-0.4, -0.2) is 28.4 Å². The molecule has 0 aliphatic rings. The van der Waals surface area contributed by atoms with Gasteiger partial charge in [-0.05, 0) is 6.42 Å². The Morgan fingerprint density at radius 2 is 1.27 bits per heavy atom. The quantitative estimate of drug-likeness (QED) is 0.463. The van der Waals surface area contributed by atoms with Crippen molar-refractivity contribution >= 4 is 23.3 Å². The van der Waals surface area contributed by atoms with Crippen LogP contribution in [0.2, 0.25) is 0 Å². The number of hydrogen-bond donors (Lipinski definition) is 1. The van der Waals surface area contributed by atoms with Crippen molar-refractivity contribution in [2.75, 3.05) is 0 Å².